The lowest BCUT2D eigenvalue weighted by Gasteiger charge is -2.05. The SMILES string of the molecule is COc1ccc(S(=O)(=O)c2cccc([N+](=O)[O-])c2)cc1. The summed E-state index contributed by atoms with van der Waals surface area (Å²) in [6, 6.07) is 10.8. The van der Waals surface area contributed by atoms with E-state index >= 15 is 0 Å². The van der Waals surface area contributed by atoms with Crippen LogP contribution in [-0.2, 0) is 9.84 Å². The lowest BCUT2D eigenvalue weighted by molar-refractivity contribution is -0.385. The van der Waals surface area contributed by atoms with Gasteiger partial charge in [0.2, 0.25) is 9.84 Å². The zero-order chi connectivity index (χ0) is 14.8. The number of rotatable bonds is 4. The molecule has 0 aromatic heterocycles. The maximum absolute atomic E-state index is 12.3. The van der Waals surface area contributed by atoms with Crippen molar-refractivity contribution in [3.05, 3.63) is 58.6 Å². The zero-order valence-corrected chi connectivity index (χ0v) is 11.3. The average molecular weight is 293 g/mol. The number of non-ortho nitro benzene ring substituents is 1. The number of hydrogen-bond donors (Lipinski definition) is 0. The summed E-state index contributed by atoms with van der Waals surface area (Å²) in [4.78, 5) is 10.0. The quantitative estimate of drug-likeness (QED) is 0.638. The smallest absolute Gasteiger partial charge is 0.270 e. The fourth-order valence-corrected chi connectivity index (χ4v) is 2.96. The van der Waals surface area contributed by atoms with Crippen LogP contribution in [-0.4, -0.2) is 20.5 Å². The minimum atomic E-state index is -3.78. The van der Waals surface area contributed by atoms with Gasteiger partial charge in [-0.05, 0) is 30.3 Å². The lowest BCUT2D eigenvalue weighted by atomic mass is 10.3. The summed E-state index contributed by atoms with van der Waals surface area (Å²) in [5.74, 6) is 0.531. The molecule has 6 nitrogen and oxygen atoms in total. The number of hydrogen-bond acceptors (Lipinski definition) is 5. The normalized spacial score (nSPS) is 11.1. The Labute approximate surface area is 115 Å². The topological polar surface area (TPSA) is 86.5 Å². The first-order valence-corrected chi connectivity index (χ1v) is 7.07. The van der Waals surface area contributed by atoms with E-state index in [1.54, 1.807) is 0 Å². The molecule has 0 aliphatic rings. The van der Waals surface area contributed by atoms with Crippen LogP contribution in [0.5, 0.6) is 5.75 Å². The summed E-state index contributed by atoms with van der Waals surface area (Å²) < 4.78 is 29.6. The van der Waals surface area contributed by atoms with Crippen molar-refractivity contribution in [1.82, 2.24) is 0 Å². The predicted molar refractivity (Wildman–Crippen MR) is 71.5 cm³/mol. The van der Waals surface area contributed by atoms with Gasteiger partial charge < -0.3 is 4.74 Å². The first kappa shape index (κ1) is 14.0. The van der Waals surface area contributed by atoms with Crippen LogP contribution in [0.1, 0.15) is 0 Å². The highest BCUT2D eigenvalue weighted by atomic mass is 32.2. The van der Waals surface area contributed by atoms with E-state index in [4.69, 9.17) is 4.74 Å². The van der Waals surface area contributed by atoms with Crippen LogP contribution >= 0.6 is 0 Å². The highest BCUT2D eigenvalue weighted by molar-refractivity contribution is 7.91. The predicted octanol–water partition coefficient (Wildman–Crippen LogP) is 2.44. The molecule has 0 aliphatic heterocycles. The van der Waals surface area contributed by atoms with Gasteiger partial charge in [0.1, 0.15) is 5.75 Å². The van der Waals surface area contributed by atoms with Crippen molar-refractivity contribution >= 4 is 15.5 Å². The molecule has 0 N–H and O–H groups in total. The van der Waals surface area contributed by atoms with E-state index < -0.39 is 14.8 Å². The van der Waals surface area contributed by atoms with Gasteiger partial charge in [0.15, 0.2) is 0 Å². The van der Waals surface area contributed by atoms with E-state index in [0.29, 0.717) is 5.75 Å². The summed E-state index contributed by atoms with van der Waals surface area (Å²) in [5.41, 5.74) is -0.264. The fraction of sp³-hybridized carbons (Fsp3) is 0.0769. The second-order valence-electron chi connectivity index (χ2n) is 3.93. The molecule has 0 amide bonds. The van der Waals surface area contributed by atoms with Gasteiger partial charge in [-0.2, -0.15) is 0 Å². The molecule has 20 heavy (non-hydrogen) atoms. The Morgan fingerprint density at radius 2 is 1.70 bits per heavy atom. The third kappa shape index (κ3) is 2.62. The van der Waals surface area contributed by atoms with Crippen LogP contribution in [0.4, 0.5) is 5.69 Å². The molecule has 0 saturated carbocycles. The van der Waals surface area contributed by atoms with Crippen molar-refractivity contribution in [3.63, 3.8) is 0 Å². The molecule has 0 bridgehead atoms. The fourth-order valence-electron chi connectivity index (χ4n) is 1.66. The molecule has 2 rings (SSSR count). The molecule has 0 unspecified atom stereocenters. The van der Waals surface area contributed by atoms with Crippen molar-refractivity contribution in [3.8, 4) is 5.75 Å². The Morgan fingerprint density at radius 1 is 1.05 bits per heavy atom. The molecule has 0 fully saturated rings. The van der Waals surface area contributed by atoms with E-state index in [9.17, 15) is 18.5 Å². The number of nitrogens with zero attached hydrogens (tertiary/aromatic N) is 1. The maximum Gasteiger partial charge on any atom is 0.270 e. The minimum Gasteiger partial charge on any atom is -0.497 e. The third-order valence-corrected chi connectivity index (χ3v) is 4.48. The molecular weight excluding hydrogens is 282 g/mol. The molecule has 0 radical (unpaired) electrons. The van der Waals surface area contributed by atoms with Gasteiger partial charge >= 0.3 is 0 Å². The van der Waals surface area contributed by atoms with Crippen molar-refractivity contribution in [2.75, 3.05) is 7.11 Å². The second kappa shape index (κ2) is 5.30. The van der Waals surface area contributed by atoms with E-state index in [2.05, 4.69) is 0 Å². The number of sulfone groups is 1. The monoisotopic (exact) mass is 293 g/mol. The molecule has 2 aromatic carbocycles. The highest BCUT2D eigenvalue weighted by Crippen LogP contribution is 2.25. The van der Waals surface area contributed by atoms with Gasteiger partial charge in [-0.25, -0.2) is 8.42 Å². The lowest BCUT2D eigenvalue weighted by Crippen LogP contribution is -2.02. The van der Waals surface area contributed by atoms with E-state index in [-0.39, 0.29) is 15.5 Å². The molecule has 0 heterocycles. The summed E-state index contributed by atoms with van der Waals surface area (Å²) >= 11 is 0. The van der Waals surface area contributed by atoms with Crippen molar-refractivity contribution < 1.29 is 18.1 Å². The highest BCUT2D eigenvalue weighted by Gasteiger charge is 2.20. The molecule has 7 heteroatoms. The number of benzene rings is 2. The van der Waals surface area contributed by atoms with Crippen LogP contribution in [0.2, 0.25) is 0 Å². The number of nitro benzene ring substituents is 1. The number of methoxy groups -OCH3 is 1. The van der Waals surface area contributed by atoms with E-state index in [1.165, 1.54) is 49.6 Å². The summed E-state index contributed by atoms with van der Waals surface area (Å²) in [7, 11) is -2.30. The zero-order valence-electron chi connectivity index (χ0n) is 10.5. The molecule has 0 saturated heterocycles. The van der Waals surface area contributed by atoms with Gasteiger partial charge in [0, 0.05) is 12.1 Å². The molecule has 0 aliphatic carbocycles. The largest absolute Gasteiger partial charge is 0.497 e. The Hall–Kier alpha value is -2.41. The molecule has 0 atom stereocenters. The first-order chi connectivity index (χ1) is 9.45. The summed E-state index contributed by atoms with van der Waals surface area (Å²) in [6.07, 6.45) is 0. The van der Waals surface area contributed by atoms with Gasteiger partial charge in [0.25, 0.3) is 5.69 Å². The summed E-state index contributed by atoms with van der Waals surface area (Å²) in [6.45, 7) is 0. The molecular formula is C13H11NO5S. The molecule has 2 aromatic rings. The van der Waals surface area contributed by atoms with Crippen LogP contribution in [0, 0.1) is 10.1 Å². The molecule has 104 valence electrons. The van der Waals surface area contributed by atoms with Crippen LogP contribution in [0.25, 0.3) is 0 Å². The Bertz CT molecular complexity index is 738. The second-order valence-corrected chi connectivity index (χ2v) is 5.88. The average Bonchev–Trinajstić information content (AvgIpc) is 2.47. The number of nitro groups is 1. The van der Waals surface area contributed by atoms with Gasteiger partial charge in [-0.1, -0.05) is 6.07 Å². The van der Waals surface area contributed by atoms with Crippen LogP contribution < -0.4 is 4.74 Å². The minimum absolute atomic E-state index is 0.0544. The standard InChI is InChI=1S/C13H11NO5S/c1-19-11-5-7-12(8-6-11)20(17,18)13-4-2-3-10(9-13)14(15)16/h2-9H,1H3. The Morgan fingerprint density at radius 3 is 2.25 bits per heavy atom. The Balaban J connectivity index is 2.48. The van der Waals surface area contributed by atoms with Gasteiger partial charge in [-0.3, -0.25) is 10.1 Å². The maximum atomic E-state index is 12.3. The number of ether oxygens (including phenoxy) is 1. The summed E-state index contributed by atoms with van der Waals surface area (Å²) in [5, 5.41) is 10.7. The molecule has 0 spiro atoms. The first-order valence-electron chi connectivity index (χ1n) is 5.59. The third-order valence-electron chi connectivity index (χ3n) is 2.71. The van der Waals surface area contributed by atoms with Crippen LogP contribution in [0.15, 0.2) is 58.3 Å². The van der Waals surface area contributed by atoms with E-state index in [0.717, 1.165) is 6.07 Å². The van der Waals surface area contributed by atoms with Crippen molar-refractivity contribution in [1.29, 1.82) is 0 Å². The van der Waals surface area contributed by atoms with Crippen molar-refractivity contribution in [2.24, 2.45) is 0 Å². The Kier molecular flexibility index (Phi) is 3.71. The van der Waals surface area contributed by atoms with Crippen molar-refractivity contribution in [2.45, 2.75) is 9.79 Å². The van der Waals surface area contributed by atoms with E-state index in [1.807, 2.05) is 0 Å². The van der Waals surface area contributed by atoms with Gasteiger partial charge in [0.05, 0.1) is 21.8 Å². The van der Waals surface area contributed by atoms with Gasteiger partial charge in [-0.15, -0.1) is 0 Å². The van der Waals surface area contributed by atoms with Crippen LogP contribution in [0.3, 0.4) is 0 Å².